The second kappa shape index (κ2) is 14.3. The van der Waals surface area contributed by atoms with E-state index in [1.54, 1.807) is 0 Å². The zero-order chi connectivity index (χ0) is 13.7. The first-order valence-electron chi connectivity index (χ1n) is 8.36. The predicted molar refractivity (Wildman–Crippen MR) is 85.9 cm³/mol. The van der Waals surface area contributed by atoms with Crippen molar-refractivity contribution in [2.75, 3.05) is 27.7 Å². The molecule has 0 aliphatic rings. The molecule has 1 N–H and O–H groups in total. The molecule has 19 heavy (non-hydrogen) atoms. The van der Waals surface area contributed by atoms with Gasteiger partial charge in [0, 0.05) is 0 Å². The summed E-state index contributed by atoms with van der Waals surface area (Å²) in [5.41, 5.74) is 0. The van der Waals surface area contributed by atoms with Gasteiger partial charge in [-0.1, -0.05) is 71.1 Å². The van der Waals surface area contributed by atoms with Gasteiger partial charge in [-0.15, -0.1) is 0 Å². The quantitative estimate of drug-likeness (QED) is 0.334. The molecule has 0 aliphatic heterocycles. The van der Waals surface area contributed by atoms with Crippen molar-refractivity contribution in [3.63, 3.8) is 0 Å². The summed E-state index contributed by atoms with van der Waals surface area (Å²) >= 11 is 0. The summed E-state index contributed by atoms with van der Waals surface area (Å²) in [5.74, 6) is 0. The lowest BCUT2D eigenvalue weighted by atomic mass is 10.1. The monoisotopic (exact) mass is 273 g/mol. The van der Waals surface area contributed by atoms with Crippen LogP contribution >= 0.6 is 0 Å². The van der Waals surface area contributed by atoms with Crippen LogP contribution in [0.25, 0.3) is 0 Å². The molecule has 0 spiro atoms. The molecule has 0 aromatic rings. The Labute approximate surface area is 122 Å². The fraction of sp³-hybridized carbons (Fsp3) is 1.00. The van der Waals surface area contributed by atoms with E-state index in [0.717, 1.165) is 4.48 Å². The van der Waals surface area contributed by atoms with Crippen LogP contribution in [-0.4, -0.2) is 37.6 Å². The maximum atomic E-state index is 2.29. The smallest absolute Gasteiger partial charge is 0.0780 e. The number of hydrogen-bond donors (Lipinski definition) is 0. The standard InChI is InChI=1S/C17H38N.H2O/c1-5-6-7-8-9-10-11-12-13-14-15-16-17-18(2,3)4;/h5-17H2,1-4H3;1H2/q+1;/p-1. The third kappa shape index (κ3) is 20.4. The van der Waals surface area contributed by atoms with Crippen LogP contribution in [0.2, 0.25) is 0 Å². The number of unbranched alkanes of at least 4 members (excludes halogenated alkanes) is 11. The topological polar surface area (TPSA) is 30.0 Å². The molecule has 0 rings (SSSR count). The minimum absolute atomic E-state index is 0. The van der Waals surface area contributed by atoms with Crippen molar-refractivity contribution >= 4 is 0 Å². The van der Waals surface area contributed by atoms with Crippen LogP contribution in [0.4, 0.5) is 0 Å². The Hall–Kier alpha value is -0.0800. The van der Waals surface area contributed by atoms with Gasteiger partial charge in [0.15, 0.2) is 0 Å². The minimum Gasteiger partial charge on any atom is -0.870 e. The minimum atomic E-state index is 0. The van der Waals surface area contributed by atoms with E-state index in [4.69, 9.17) is 0 Å². The van der Waals surface area contributed by atoms with Crippen molar-refractivity contribution in [3.05, 3.63) is 0 Å². The second-order valence-electron chi connectivity index (χ2n) is 6.90. The molecule has 0 radical (unpaired) electrons. The molecule has 0 atom stereocenters. The van der Waals surface area contributed by atoms with Crippen molar-refractivity contribution in [3.8, 4) is 0 Å². The van der Waals surface area contributed by atoms with Gasteiger partial charge in [-0.05, 0) is 12.8 Å². The molecule has 2 heteroatoms. The molecule has 0 heterocycles. The molecule has 0 bridgehead atoms. The summed E-state index contributed by atoms with van der Waals surface area (Å²) < 4.78 is 1.12. The van der Waals surface area contributed by atoms with E-state index in [1.807, 2.05) is 0 Å². The Balaban J connectivity index is 0. The van der Waals surface area contributed by atoms with E-state index in [-0.39, 0.29) is 5.48 Å². The Morgan fingerprint density at radius 3 is 1.16 bits per heavy atom. The molecule has 0 saturated carbocycles. The number of quaternary nitrogens is 1. The largest absolute Gasteiger partial charge is 0.870 e. The van der Waals surface area contributed by atoms with Gasteiger partial charge < -0.3 is 9.96 Å². The predicted octanol–water partition coefficient (Wildman–Crippen LogP) is 5.22. The van der Waals surface area contributed by atoms with E-state index in [0.29, 0.717) is 0 Å². The fourth-order valence-electron chi connectivity index (χ4n) is 2.43. The van der Waals surface area contributed by atoms with Crippen LogP contribution in [0.15, 0.2) is 0 Å². The van der Waals surface area contributed by atoms with Gasteiger partial charge in [0.2, 0.25) is 0 Å². The van der Waals surface area contributed by atoms with Crippen LogP contribution in [0.1, 0.15) is 84.0 Å². The Kier molecular flexibility index (Phi) is 16.0. The normalized spacial score (nSPS) is 11.4. The highest BCUT2D eigenvalue weighted by Gasteiger charge is 2.04. The summed E-state index contributed by atoms with van der Waals surface area (Å²) in [5, 5.41) is 0. The van der Waals surface area contributed by atoms with E-state index in [9.17, 15) is 0 Å². The molecule has 118 valence electrons. The van der Waals surface area contributed by atoms with Crippen LogP contribution in [0.3, 0.4) is 0 Å². The van der Waals surface area contributed by atoms with Crippen LogP contribution in [0.5, 0.6) is 0 Å². The third-order valence-electron chi connectivity index (χ3n) is 3.68. The first kappa shape index (κ1) is 21.2. The highest BCUT2D eigenvalue weighted by atomic mass is 16.0. The van der Waals surface area contributed by atoms with Gasteiger partial charge in [0.25, 0.3) is 0 Å². The van der Waals surface area contributed by atoms with Gasteiger partial charge in [-0.25, -0.2) is 0 Å². The van der Waals surface area contributed by atoms with Gasteiger partial charge in [0.05, 0.1) is 27.7 Å². The molecular formula is C17H39NO. The average Bonchev–Trinajstić information content (AvgIpc) is 2.29. The number of hydrogen-bond acceptors (Lipinski definition) is 1. The number of rotatable bonds is 13. The summed E-state index contributed by atoms with van der Waals surface area (Å²) in [6.45, 7) is 3.62. The SMILES string of the molecule is CCCCCCCCCCCCCC[N+](C)(C)C.[OH-]. The third-order valence-corrected chi connectivity index (χ3v) is 3.68. The zero-order valence-corrected chi connectivity index (χ0v) is 14.1. The van der Waals surface area contributed by atoms with Crippen molar-refractivity contribution in [1.82, 2.24) is 0 Å². The molecule has 0 aromatic carbocycles. The summed E-state index contributed by atoms with van der Waals surface area (Å²) in [6.07, 6.45) is 17.4. The van der Waals surface area contributed by atoms with Gasteiger partial charge in [0.1, 0.15) is 0 Å². The van der Waals surface area contributed by atoms with Crippen LogP contribution < -0.4 is 0 Å². The Morgan fingerprint density at radius 2 is 0.842 bits per heavy atom. The van der Waals surface area contributed by atoms with Crippen LogP contribution in [-0.2, 0) is 0 Å². The lowest BCUT2D eigenvalue weighted by Crippen LogP contribution is -2.35. The maximum absolute atomic E-state index is 2.29. The Bertz CT molecular complexity index is 163. The van der Waals surface area contributed by atoms with Crippen molar-refractivity contribution < 1.29 is 9.96 Å². The maximum Gasteiger partial charge on any atom is 0.0780 e. The number of nitrogens with zero attached hydrogens (tertiary/aromatic N) is 1. The van der Waals surface area contributed by atoms with E-state index in [1.165, 1.54) is 83.6 Å². The average molecular weight is 274 g/mol. The van der Waals surface area contributed by atoms with Crippen LogP contribution in [0, 0.1) is 0 Å². The highest BCUT2D eigenvalue weighted by Crippen LogP contribution is 2.12. The van der Waals surface area contributed by atoms with Gasteiger partial charge in [-0.2, -0.15) is 0 Å². The van der Waals surface area contributed by atoms with Crippen molar-refractivity contribution in [2.45, 2.75) is 84.0 Å². The fourth-order valence-corrected chi connectivity index (χ4v) is 2.43. The van der Waals surface area contributed by atoms with E-state index < -0.39 is 0 Å². The Morgan fingerprint density at radius 1 is 0.526 bits per heavy atom. The summed E-state index contributed by atoms with van der Waals surface area (Å²) in [7, 11) is 6.87. The molecule has 2 nitrogen and oxygen atoms in total. The zero-order valence-electron chi connectivity index (χ0n) is 14.1. The highest BCUT2D eigenvalue weighted by molar-refractivity contribution is 4.48. The molecule has 0 fully saturated rings. The lowest BCUT2D eigenvalue weighted by Gasteiger charge is -2.23. The first-order chi connectivity index (χ1) is 8.56. The molecule has 0 aliphatic carbocycles. The van der Waals surface area contributed by atoms with E-state index in [2.05, 4.69) is 28.1 Å². The molecule has 0 saturated heterocycles. The van der Waals surface area contributed by atoms with E-state index >= 15 is 0 Å². The summed E-state index contributed by atoms with van der Waals surface area (Å²) in [4.78, 5) is 0. The lowest BCUT2D eigenvalue weighted by molar-refractivity contribution is -0.870. The molecular weight excluding hydrogens is 234 g/mol. The van der Waals surface area contributed by atoms with Crippen molar-refractivity contribution in [1.29, 1.82) is 0 Å². The summed E-state index contributed by atoms with van der Waals surface area (Å²) in [6, 6.07) is 0. The molecule has 0 amide bonds. The molecule has 0 unspecified atom stereocenters. The molecule has 0 aromatic heterocycles. The second-order valence-corrected chi connectivity index (χ2v) is 6.90. The van der Waals surface area contributed by atoms with Gasteiger partial charge in [-0.3, -0.25) is 0 Å². The first-order valence-corrected chi connectivity index (χ1v) is 8.36. The van der Waals surface area contributed by atoms with Gasteiger partial charge >= 0.3 is 0 Å². The van der Waals surface area contributed by atoms with Crippen molar-refractivity contribution in [2.24, 2.45) is 0 Å².